The number of nitrogens with zero attached hydrogens (tertiary/aromatic N) is 1. The quantitative estimate of drug-likeness (QED) is 0.830. The Morgan fingerprint density at radius 2 is 2.18 bits per heavy atom. The molecule has 0 saturated heterocycles. The highest BCUT2D eigenvalue weighted by molar-refractivity contribution is 5.16. The fourth-order valence-electron chi connectivity index (χ4n) is 1.43. The van der Waals surface area contributed by atoms with E-state index in [9.17, 15) is 0 Å². The number of nitrogens with one attached hydrogen (secondary N) is 1. The molecule has 90 valence electrons. The van der Waals surface area contributed by atoms with Crippen molar-refractivity contribution in [1.29, 1.82) is 0 Å². The van der Waals surface area contributed by atoms with Gasteiger partial charge in [-0.2, -0.15) is 0 Å². The van der Waals surface area contributed by atoms with Crippen LogP contribution in [-0.4, -0.2) is 11.5 Å². The summed E-state index contributed by atoms with van der Waals surface area (Å²) in [5.74, 6) is 2.50. The molecule has 0 unspecified atom stereocenters. The number of furan rings is 1. The first-order chi connectivity index (χ1) is 8.38. The summed E-state index contributed by atoms with van der Waals surface area (Å²) in [4.78, 5) is 3.98. The average molecular weight is 232 g/mol. The zero-order valence-electron chi connectivity index (χ0n) is 9.85. The summed E-state index contributed by atoms with van der Waals surface area (Å²) in [5, 5.41) is 3.21. The van der Waals surface area contributed by atoms with E-state index in [0.717, 1.165) is 30.4 Å². The second-order valence-corrected chi connectivity index (χ2v) is 3.63. The molecule has 2 rings (SSSR count). The van der Waals surface area contributed by atoms with Gasteiger partial charge in [0.25, 0.3) is 0 Å². The van der Waals surface area contributed by atoms with E-state index >= 15 is 0 Å². The van der Waals surface area contributed by atoms with Crippen molar-refractivity contribution in [2.45, 2.75) is 20.1 Å². The number of ether oxygens (including phenoxy) is 1. The lowest BCUT2D eigenvalue weighted by Gasteiger charge is -2.02. The second kappa shape index (κ2) is 6.06. The minimum atomic E-state index is 0.428. The molecular formula is C13H16N2O2. The van der Waals surface area contributed by atoms with Crippen LogP contribution in [0.3, 0.4) is 0 Å². The maximum absolute atomic E-state index is 5.60. The fraction of sp³-hybridized carbons (Fsp3) is 0.308. The van der Waals surface area contributed by atoms with Gasteiger partial charge in [-0.05, 0) is 30.8 Å². The van der Waals surface area contributed by atoms with Crippen LogP contribution in [-0.2, 0) is 13.2 Å². The third-order valence-corrected chi connectivity index (χ3v) is 2.28. The van der Waals surface area contributed by atoms with Crippen molar-refractivity contribution in [3.8, 4) is 5.75 Å². The van der Waals surface area contributed by atoms with E-state index in [1.54, 1.807) is 12.4 Å². The van der Waals surface area contributed by atoms with Gasteiger partial charge in [0.1, 0.15) is 23.9 Å². The monoisotopic (exact) mass is 232 g/mol. The predicted octanol–water partition coefficient (Wildman–Crippen LogP) is 2.36. The van der Waals surface area contributed by atoms with Crippen LogP contribution < -0.4 is 10.1 Å². The number of hydrogen-bond donors (Lipinski definition) is 1. The molecule has 0 aliphatic carbocycles. The molecule has 0 saturated carbocycles. The lowest BCUT2D eigenvalue weighted by Crippen LogP contribution is -2.10. The van der Waals surface area contributed by atoms with Crippen LogP contribution >= 0.6 is 0 Å². The molecule has 2 heterocycles. The molecule has 0 aliphatic rings. The Balaban J connectivity index is 1.85. The standard InChI is InChI=1S/C13H16N2O2/c1-2-14-9-12-5-6-13(17-12)10-16-11-4-3-7-15-8-11/h3-8,14H,2,9-10H2,1H3. The summed E-state index contributed by atoms with van der Waals surface area (Å²) >= 11 is 0. The summed E-state index contributed by atoms with van der Waals surface area (Å²) in [6, 6.07) is 7.61. The molecule has 0 radical (unpaired) electrons. The Labute approximate surface area is 101 Å². The number of pyridine rings is 1. The van der Waals surface area contributed by atoms with E-state index in [-0.39, 0.29) is 0 Å². The van der Waals surface area contributed by atoms with E-state index < -0.39 is 0 Å². The van der Waals surface area contributed by atoms with Gasteiger partial charge in [0.2, 0.25) is 0 Å². The molecule has 4 heteroatoms. The zero-order chi connectivity index (χ0) is 11.9. The molecule has 17 heavy (non-hydrogen) atoms. The van der Waals surface area contributed by atoms with Crippen molar-refractivity contribution in [2.75, 3.05) is 6.54 Å². The molecule has 2 aromatic heterocycles. The van der Waals surface area contributed by atoms with Crippen molar-refractivity contribution in [1.82, 2.24) is 10.3 Å². The first kappa shape index (κ1) is 11.7. The lowest BCUT2D eigenvalue weighted by molar-refractivity contribution is 0.264. The highest BCUT2D eigenvalue weighted by Crippen LogP contribution is 2.12. The van der Waals surface area contributed by atoms with Crippen LogP contribution in [0.1, 0.15) is 18.4 Å². The van der Waals surface area contributed by atoms with E-state index in [1.807, 2.05) is 24.3 Å². The molecule has 0 atom stereocenters. The van der Waals surface area contributed by atoms with Gasteiger partial charge in [-0.15, -0.1) is 0 Å². The van der Waals surface area contributed by atoms with Crippen molar-refractivity contribution < 1.29 is 9.15 Å². The number of hydrogen-bond acceptors (Lipinski definition) is 4. The maximum atomic E-state index is 5.60. The largest absolute Gasteiger partial charge is 0.484 e. The molecular weight excluding hydrogens is 216 g/mol. The third-order valence-electron chi connectivity index (χ3n) is 2.28. The summed E-state index contributed by atoms with van der Waals surface area (Å²) in [6.45, 7) is 4.18. The van der Waals surface area contributed by atoms with Crippen LogP contribution in [0, 0.1) is 0 Å². The van der Waals surface area contributed by atoms with Crippen molar-refractivity contribution in [3.05, 3.63) is 48.2 Å². The highest BCUT2D eigenvalue weighted by Gasteiger charge is 2.02. The van der Waals surface area contributed by atoms with Gasteiger partial charge in [0.15, 0.2) is 0 Å². The molecule has 0 aliphatic heterocycles. The van der Waals surface area contributed by atoms with Crippen molar-refractivity contribution >= 4 is 0 Å². The van der Waals surface area contributed by atoms with Gasteiger partial charge >= 0.3 is 0 Å². The highest BCUT2D eigenvalue weighted by atomic mass is 16.5. The molecule has 0 bridgehead atoms. The lowest BCUT2D eigenvalue weighted by atomic mass is 10.4. The van der Waals surface area contributed by atoms with E-state index in [4.69, 9.17) is 9.15 Å². The molecule has 1 N–H and O–H groups in total. The van der Waals surface area contributed by atoms with Crippen LogP contribution in [0.25, 0.3) is 0 Å². The van der Waals surface area contributed by atoms with Gasteiger partial charge in [-0.3, -0.25) is 4.98 Å². The Hall–Kier alpha value is -1.81. The predicted molar refractivity (Wildman–Crippen MR) is 64.7 cm³/mol. The summed E-state index contributed by atoms with van der Waals surface area (Å²) in [5.41, 5.74) is 0. The molecule has 0 spiro atoms. The summed E-state index contributed by atoms with van der Waals surface area (Å²) < 4.78 is 11.1. The fourth-order valence-corrected chi connectivity index (χ4v) is 1.43. The van der Waals surface area contributed by atoms with Gasteiger partial charge < -0.3 is 14.5 Å². The van der Waals surface area contributed by atoms with Gasteiger partial charge in [0.05, 0.1) is 12.7 Å². The van der Waals surface area contributed by atoms with Gasteiger partial charge in [-0.25, -0.2) is 0 Å². The first-order valence-electron chi connectivity index (χ1n) is 5.69. The molecule has 2 aromatic rings. The van der Waals surface area contributed by atoms with Crippen molar-refractivity contribution in [2.24, 2.45) is 0 Å². The minimum absolute atomic E-state index is 0.428. The van der Waals surface area contributed by atoms with E-state index in [1.165, 1.54) is 0 Å². The van der Waals surface area contributed by atoms with E-state index in [2.05, 4.69) is 17.2 Å². The van der Waals surface area contributed by atoms with Crippen molar-refractivity contribution in [3.63, 3.8) is 0 Å². The summed E-state index contributed by atoms with van der Waals surface area (Å²) in [6.07, 6.45) is 3.40. The number of rotatable bonds is 6. The number of aromatic nitrogens is 1. The average Bonchev–Trinajstić information content (AvgIpc) is 2.83. The van der Waals surface area contributed by atoms with Gasteiger partial charge in [0, 0.05) is 6.20 Å². The normalized spacial score (nSPS) is 10.4. The van der Waals surface area contributed by atoms with Crippen LogP contribution in [0.15, 0.2) is 41.1 Å². The molecule has 0 amide bonds. The van der Waals surface area contributed by atoms with Crippen LogP contribution in [0.2, 0.25) is 0 Å². The Morgan fingerprint density at radius 1 is 1.29 bits per heavy atom. The Kier molecular flexibility index (Phi) is 4.16. The molecule has 4 nitrogen and oxygen atoms in total. The topological polar surface area (TPSA) is 47.3 Å². The Bertz CT molecular complexity index is 440. The molecule has 0 fully saturated rings. The SMILES string of the molecule is CCNCc1ccc(COc2cccnc2)o1. The first-order valence-corrected chi connectivity index (χ1v) is 5.69. The van der Waals surface area contributed by atoms with Crippen LogP contribution in [0.5, 0.6) is 5.75 Å². The Morgan fingerprint density at radius 3 is 2.94 bits per heavy atom. The van der Waals surface area contributed by atoms with Gasteiger partial charge in [-0.1, -0.05) is 6.92 Å². The minimum Gasteiger partial charge on any atom is -0.484 e. The zero-order valence-corrected chi connectivity index (χ0v) is 9.85. The third kappa shape index (κ3) is 3.60. The van der Waals surface area contributed by atoms with E-state index in [0.29, 0.717) is 6.61 Å². The summed E-state index contributed by atoms with van der Waals surface area (Å²) in [7, 11) is 0. The second-order valence-electron chi connectivity index (χ2n) is 3.63. The molecule has 0 aromatic carbocycles. The smallest absolute Gasteiger partial charge is 0.146 e. The maximum Gasteiger partial charge on any atom is 0.146 e. The van der Waals surface area contributed by atoms with Crippen LogP contribution in [0.4, 0.5) is 0 Å².